The number of benzene rings is 1. The van der Waals surface area contributed by atoms with Gasteiger partial charge in [-0.15, -0.1) is 0 Å². The summed E-state index contributed by atoms with van der Waals surface area (Å²) in [6.07, 6.45) is 0. The van der Waals surface area contributed by atoms with Gasteiger partial charge in [-0.05, 0) is 30.3 Å². The molecule has 2 N–H and O–H groups in total. The molecule has 6 heteroatoms. The Morgan fingerprint density at radius 3 is 2.78 bits per heavy atom. The number of sulfone groups is 1. The zero-order valence-electron chi connectivity index (χ0n) is 10.0. The van der Waals surface area contributed by atoms with Crippen molar-refractivity contribution >= 4 is 32.5 Å². The van der Waals surface area contributed by atoms with Crippen molar-refractivity contribution in [1.29, 1.82) is 0 Å². The molecular formula is C12H15N2O2S2+. The van der Waals surface area contributed by atoms with Gasteiger partial charge in [0.15, 0.2) is 9.84 Å². The Hall–Kier alpha value is -1.01. The van der Waals surface area contributed by atoms with Gasteiger partial charge >= 0.3 is 5.17 Å². The van der Waals surface area contributed by atoms with Gasteiger partial charge in [-0.2, -0.15) is 0 Å². The number of thioether (sulfide) groups is 1. The Labute approximate surface area is 111 Å². The second kappa shape index (κ2) is 3.99. The van der Waals surface area contributed by atoms with Crippen LogP contribution < -0.4 is 5.73 Å². The summed E-state index contributed by atoms with van der Waals surface area (Å²) in [5.41, 5.74) is 8.21. The van der Waals surface area contributed by atoms with Crippen molar-refractivity contribution in [3.63, 3.8) is 0 Å². The predicted octanol–water partition coefficient (Wildman–Crippen LogP) is 0.866. The molecule has 1 aromatic carbocycles. The molecule has 0 aromatic heterocycles. The van der Waals surface area contributed by atoms with Crippen LogP contribution >= 0.6 is 11.8 Å². The van der Waals surface area contributed by atoms with Crippen LogP contribution in [0.2, 0.25) is 0 Å². The monoisotopic (exact) mass is 283 g/mol. The minimum atomic E-state index is -2.91. The maximum absolute atomic E-state index is 11.7. The molecular weight excluding hydrogens is 268 g/mol. The lowest BCUT2D eigenvalue weighted by atomic mass is 10.1. The van der Waals surface area contributed by atoms with E-state index in [1.54, 1.807) is 0 Å². The van der Waals surface area contributed by atoms with Crippen LogP contribution in [0.5, 0.6) is 0 Å². The molecule has 96 valence electrons. The molecule has 18 heavy (non-hydrogen) atoms. The van der Waals surface area contributed by atoms with E-state index in [-0.39, 0.29) is 22.8 Å². The van der Waals surface area contributed by atoms with Gasteiger partial charge < -0.3 is 0 Å². The second-order valence-corrected chi connectivity index (χ2v) is 8.21. The van der Waals surface area contributed by atoms with Crippen molar-refractivity contribution in [3.05, 3.63) is 29.8 Å². The van der Waals surface area contributed by atoms with Crippen LogP contribution in [0, 0.1) is 6.92 Å². The highest BCUT2D eigenvalue weighted by molar-refractivity contribution is 8.15. The summed E-state index contributed by atoms with van der Waals surface area (Å²) in [4.78, 5) is 0. The number of fused-ring (bicyclic) bond motifs is 1. The number of hydrogen-bond acceptors (Lipinski definition) is 4. The highest BCUT2D eigenvalue weighted by Gasteiger charge is 2.49. The van der Waals surface area contributed by atoms with Gasteiger partial charge in [0.05, 0.1) is 16.8 Å². The Kier molecular flexibility index (Phi) is 2.67. The van der Waals surface area contributed by atoms with Crippen molar-refractivity contribution in [2.45, 2.75) is 18.2 Å². The van der Waals surface area contributed by atoms with Crippen LogP contribution in [0.1, 0.15) is 5.56 Å². The molecule has 2 aliphatic rings. The van der Waals surface area contributed by atoms with E-state index in [9.17, 15) is 8.42 Å². The molecule has 0 amide bonds. The first-order valence-corrected chi connectivity index (χ1v) is 8.52. The molecule has 0 aliphatic carbocycles. The van der Waals surface area contributed by atoms with E-state index >= 15 is 0 Å². The SMILES string of the molecule is Cc1ccccc1[N+]1=C(N)SC2CS(=O)(=O)CC21. The van der Waals surface area contributed by atoms with Crippen molar-refractivity contribution in [1.82, 2.24) is 0 Å². The summed E-state index contributed by atoms with van der Waals surface area (Å²) in [7, 11) is -2.91. The minimum Gasteiger partial charge on any atom is -0.281 e. The summed E-state index contributed by atoms with van der Waals surface area (Å²) in [5.74, 6) is 0.450. The van der Waals surface area contributed by atoms with Gasteiger partial charge in [0.1, 0.15) is 11.7 Å². The van der Waals surface area contributed by atoms with E-state index in [0.717, 1.165) is 11.3 Å². The topological polar surface area (TPSA) is 63.2 Å². The Morgan fingerprint density at radius 1 is 1.33 bits per heavy atom. The van der Waals surface area contributed by atoms with E-state index in [0.29, 0.717) is 5.17 Å². The molecule has 2 heterocycles. The van der Waals surface area contributed by atoms with Gasteiger partial charge in [0, 0.05) is 0 Å². The fourth-order valence-corrected chi connectivity index (χ4v) is 6.47. The second-order valence-electron chi connectivity index (χ2n) is 4.80. The summed E-state index contributed by atoms with van der Waals surface area (Å²) in [6, 6.07) is 7.93. The third kappa shape index (κ3) is 1.83. The normalized spacial score (nSPS) is 29.6. The number of nitrogens with two attached hydrogens (primary N) is 1. The maximum atomic E-state index is 11.7. The lowest BCUT2D eigenvalue weighted by Gasteiger charge is -2.12. The zero-order valence-corrected chi connectivity index (χ0v) is 11.7. The molecule has 0 bridgehead atoms. The first kappa shape index (κ1) is 12.0. The van der Waals surface area contributed by atoms with Gasteiger partial charge in [-0.1, -0.05) is 18.2 Å². The summed E-state index contributed by atoms with van der Waals surface area (Å²) in [5, 5.41) is 0.795. The maximum Gasteiger partial charge on any atom is 0.310 e. The van der Waals surface area contributed by atoms with Crippen LogP contribution in [-0.2, 0) is 9.84 Å². The van der Waals surface area contributed by atoms with Crippen molar-refractivity contribution in [3.8, 4) is 0 Å². The smallest absolute Gasteiger partial charge is 0.281 e. The van der Waals surface area contributed by atoms with E-state index in [2.05, 4.69) is 0 Å². The largest absolute Gasteiger partial charge is 0.310 e. The van der Waals surface area contributed by atoms with E-state index < -0.39 is 9.84 Å². The van der Waals surface area contributed by atoms with Gasteiger partial charge in [0.25, 0.3) is 0 Å². The molecule has 1 saturated heterocycles. The predicted molar refractivity (Wildman–Crippen MR) is 74.1 cm³/mol. The van der Waals surface area contributed by atoms with Crippen molar-refractivity contribution in [2.75, 3.05) is 11.5 Å². The van der Waals surface area contributed by atoms with Gasteiger partial charge in [-0.25, -0.2) is 13.0 Å². The Morgan fingerprint density at radius 2 is 2.06 bits per heavy atom. The highest BCUT2D eigenvalue weighted by atomic mass is 32.2. The zero-order chi connectivity index (χ0) is 12.9. The van der Waals surface area contributed by atoms with Gasteiger partial charge in [-0.3, -0.25) is 5.73 Å². The number of hydrogen-bond donors (Lipinski definition) is 1. The lowest BCUT2D eigenvalue weighted by Crippen LogP contribution is -2.29. The molecule has 2 unspecified atom stereocenters. The first-order valence-electron chi connectivity index (χ1n) is 5.82. The van der Waals surface area contributed by atoms with Crippen LogP contribution in [0.4, 0.5) is 5.69 Å². The van der Waals surface area contributed by atoms with Gasteiger partial charge in [0.2, 0.25) is 0 Å². The number of amidine groups is 1. The van der Waals surface area contributed by atoms with Crippen LogP contribution in [0.15, 0.2) is 24.3 Å². The van der Waals surface area contributed by atoms with Crippen molar-refractivity contribution < 1.29 is 13.0 Å². The van der Waals surface area contributed by atoms with E-state index in [1.807, 2.05) is 35.8 Å². The average molecular weight is 283 g/mol. The lowest BCUT2D eigenvalue weighted by molar-refractivity contribution is -0.471. The quantitative estimate of drug-likeness (QED) is 0.777. The molecule has 4 nitrogen and oxygen atoms in total. The molecule has 2 aliphatic heterocycles. The standard InChI is InChI=1S/C12H14N2O2S2/c1-8-4-2-3-5-9(8)14-10-6-18(15,16)7-11(10)17-12(14)13/h2-5,10-11,13H,6-7H2,1H3/p+1. The fraction of sp³-hybridized carbons (Fsp3) is 0.417. The summed E-state index contributed by atoms with van der Waals surface area (Å²) >= 11 is 1.49. The summed E-state index contributed by atoms with van der Waals surface area (Å²) in [6.45, 7) is 2.02. The Bertz CT molecular complexity index is 637. The van der Waals surface area contributed by atoms with Crippen LogP contribution in [-0.4, -0.2) is 41.0 Å². The molecule has 1 fully saturated rings. The third-order valence-electron chi connectivity index (χ3n) is 3.49. The molecule has 0 saturated carbocycles. The molecule has 2 atom stereocenters. The third-order valence-corrected chi connectivity index (χ3v) is 6.64. The number of para-hydroxylation sites is 1. The molecule has 0 radical (unpaired) electrons. The minimum absolute atomic E-state index is 0.0129. The number of aryl methyl sites for hydroxylation is 1. The summed E-state index contributed by atoms with van der Waals surface area (Å²) < 4.78 is 25.4. The van der Waals surface area contributed by atoms with Crippen LogP contribution in [0.25, 0.3) is 0 Å². The van der Waals surface area contributed by atoms with Crippen LogP contribution in [0.3, 0.4) is 0 Å². The average Bonchev–Trinajstić information content (AvgIpc) is 2.70. The number of nitrogens with zero attached hydrogens (tertiary/aromatic N) is 1. The molecule has 3 rings (SSSR count). The van der Waals surface area contributed by atoms with E-state index in [4.69, 9.17) is 5.73 Å². The first-order chi connectivity index (χ1) is 8.48. The number of rotatable bonds is 1. The molecule has 0 spiro atoms. The Balaban J connectivity index is 2.07. The van der Waals surface area contributed by atoms with E-state index in [1.165, 1.54) is 11.8 Å². The van der Waals surface area contributed by atoms with Crippen molar-refractivity contribution in [2.24, 2.45) is 5.73 Å². The highest BCUT2D eigenvalue weighted by Crippen LogP contribution is 2.37. The fourth-order valence-electron chi connectivity index (χ4n) is 2.66. The molecule has 1 aromatic rings.